The van der Waals surface area contributed by atoms with Gasteiger partial charge in [-0.05, 0) is 26.3 Å². The van der Waals surface area contributed by atoms with Crippen LogP contribution in [-0.2, 0) is 19.5 Å². The van der Waals surface area contributed by atoms with Crippen LogP contribution in [0.4, 0.5) is 0 Å². The van der Waals surface area contributed by atoms with E-state index in [1.807, 2.05) is 6.20 Å². The van der Waals surface area contributed by atoms with Crippen molar-refractivity contribution >= 4 is 0 Å². The van der Waals surface area contributed by atoms with E-state index in [4.69, 9.17) is 8.83 Å². The highest BCUT2D eigenvalue weighted by atomic mass is 16.4. The molecule has 2 fully saturated rings. The second-order valence-electron chi connectivity index (χ2n) is 6.97. The van der Waals surface area contributed by atoms with E-state index in [0.29, 0.717) is 12.0 Å². The van der Waals surface area contributed by atoms with Gasteiger partial charge in [0.25, 0.3) is 0 Å². The van der Waals surface area contributed by atoms with E-state index in [0.717, 1.165) is 62.5 Å². The average Bonchev–Trinajstić information content (AvgIpc) is 3.00. The van der Waals surface area contributed by atoms with Gasteiger partial charge in [-0.25, -0.2) is 4.98 Å². The van der Waals surface area contributed by atoms with Crippen LogP contribution in [0.5, 0.6) is 0 Å². The van der Waals surface area contributed by atoms with Gasteiger partial charge in [0.1, 0.15) is 5.76 Å². The minimum Gasteiger partial charge on any atom is -0.444 e. The zero-order chi connectivity index (χ0) is 16.5. The highest BCUT2D eigenvalue weighted by Gasteiger charge is 2.31. The Balaban J connectivity index is 1.28. The fourth-order valence-corrected chi connectivity index (χ4v) is 3.26. The molecule has 1 saturated heterocycles. The molecule has 0 aromatic carbocycles. The van der Waals surface area contributed by atoms with Crippen LogP contribution >= 0.6 is 0 Å². The number of rotatable bonds is 7. The molecule has 0 N–H and O–H groups in total. The molecule has 7 nitrogen and oxygen atoms in total. The predicted octanol–water partition coefficient (Wildman–Crippen LogP) is 2.20. The second-order valence-corrected chi connectivity index (χ2v) is 6.97. The van der Waals surface area contributed by atoms with Crippen LogP contribution < -0.4 is 0 Å². The van der Waals surface area contributed by atoms with Crippen LogP contribution in [0.25, 0.3) is 0 Å². The molecule has 1 aliphatic carbocycles. The fourth-order valence-electron chi connectivity index (χ4n) is 3.26. The molecule has 1 aliphatic heterocycles. The summed E-state index contributed by atoms with van der Waals surface area (Å²) in [4.78, 5) is 9.07. The van der Waals surface area contributed by atoms with E-state index in [1.165, 1.54) is 12.8 Å². The summed E-state index contributed by atoms with van der Waals surface area (Å²) in [6, 6.07) is 0.502. The third-order valence-corrected chi connectivity index (χ3v) is 4.97. The summed E-state index contributed by atoms with van der Waals surface area (Å²) < 4.78 is 11.5. The Morgan fingerprint density at radius 2 is 2.08 bits per heavy atom. The maximum absolute atomic E-state index is 5.77. The Morgan fingerprint density at radius 1 is 1.21 bits per heavy atom. The van der Waals surface area contributed by atoms with E-state index >= 15 is 0 Å². The number of likely N-dealkylation sites (N-methyl/N-ethyl adjacent to an activating group) is 1. The summed E-state index contributed by atoms with van der Waals surface area (Å²) in [6.07, 6.45) is 6.25. The lowest BCUT2D eigenvalue weighted by Gasteiger charge is -2.22. The maximum atomic E-state index is 5.77. The molecule has 7 heteroatoms. The first-order valence-electron chi connectivity index (χ1n) is 8.89. The molecule has 24 heavy (non-hydrogen) atoms. The lowest BCUT2D eigenvalue weighted by atomic mass is 10.2. The molecule has 2 aliphatic rings. The van der Waals surface area contributed by atoms with Gasteiger partial charge in [0.05, 0.1) is 19.3 Å². The SMILES string of the molecule is CCc1cnc(CN2CC[C@H](N(C)Cc3nnc(C4CC4)o3)C2)o1. The van der Waals surface area contributed by atoms with Gasteiger partial charge in [0.15, 0.2) is 0 Å². The van der Waals surface area contributed by atoms with Crippen molar-refractivity contribution in [2.24, 2.45) is 0 Å². The van der Waals surface area contributed by atoms with E-state index in [-0.39, 0.29) is 0 Å². The van der Waals surface area contributed by atoms with E-state index in [9.17, 15) is 0 Å². The van der Waals surface area contributed by atoms with Gasteiger partial charge in [0.2, 0.25) is 17.7 Å². The number of hydrogen-bond donors (Lipinski definition) is 0. The van der Waals surface area contributed by atoms with Crippen LogP contribution in [0.3, 0.4) is 0 Å². The molecular weight excluding hydrogens is 306 g/mol. The fraction of sp³-hybridized carbons (Fsp3) is 0.706. The zero-order valence-corrected chi connectivity index (χ0v) is 14.4. The van der Waals surface area contributed by atoms with Crippen LogP contribution in [0.2, 0.25) is 0 Å². The van der Waals surface area contributed by atoms with Crippen molar-refractivity contribution in [2.75, 3.05) is 20.1 Å². The van der Waals surface area contributed by atoms with E-state index in [1.54, 1.807) is 0 Å². The number of nitrogens with zero attached hydrogens (tertiary/aromatic N) is 5. The molecule has 4 rings (SSSR count). The monoisotopic (exact) mass is 331 g/mol. The van der Waals surface area contributed by atoms with Crippen molar-refractivity contribution in [1.82, 2.24) is 25.0 Å². The van der Waals surface area contributed by atoms with Gasteiger partial charge >= 0.3 is 0 Å². The molecule has 0 amide bonds. The second kappa shape index (κ2) is 6.64. The summed E-state index contributed by atoms with van der Waals surface area (Å²) in [5.74, 6) is 3.86. The lowest BCUT2D eigenvalue weighted by Crippen LogP contribution is -2.34. The summed E-state index contributed by atoms with van der Waals surface area (Å²) in [5.41, 5.74) is 0. The number of aromatic nitrogens is 3. The molecule has 1 saturated carbocycles. The van der Waals surface area contributed by atoms with Crippen LogP contribution in [0.1, 0.15) is 55.5 Å². The van der Waals surface area contributed by atoms with Crippen molar-refractivity contribution in [3.05, 3.63) is 29.6 Å². The first-order valence-corrected chi connectivity index (χ1v) is 8.89. The van der Waals surface area contributed by atoms with E-state index < -0.39 is 0 Å². The molecule has 0 unspecified atom stereocenters. The molecular formula is C17H25N5O2. The smallest absolute Gasteiger partial charge is 0.230 e. The van der Waals surface area contributed by atoms with Crippen molar-refractivity contribution in [3.8, 4) is 0 Å². The van der Waals surface area contributed by atoms with Crippen molar-refractivity contribution in [1.29, 1.82) is 0 Å². The van der Waals surface area contributed by atoms with Crippen molar-refractivity contribution in [2.45, 2.75) is 57.7 Å². The van der Waals surface area contributed by atoms with Crippen LogP contribution in [0.15, 0.2) is 15.0 Å². The zero-order valence-electron chi connectivity index (χ0n) is 14.4. The lowest BCUT2D eigenvalue weighted by molar-refractivity contribution is 0.199. The molecule has 0 bridgehead atoms. The Hall–Kier alpha value is -1.73. The number of aryl methyl sites for hydroxylation is 1. The summed E-state index contributed by atoms with van der Waals surface area (Å²) in [6.45, 7) is 5.67. The topological polar surface area (TPSA) is 71.4 Å². The maximum Gasteiger partial charge on any atom is 0.230 e. The molecule has 130 valence electrons. The first kappa shape index (κ1) is 15.8. The van der Waals surface area contributed by atoms with Crippen LogP contribution in [-0.4, -0.2) is 51.2 Å². The minimum absolute atomic E-state index is 0.502. The van der Waals surface area contributed by atoms with Gasteiger partial charge in [-0.15, -0.1) is 10.2 Å². The number of likely N-dealkylation sites (tertiary alicyclic amines) is 1. The Labute approximate surface area is 142 Å². The minimum atomic E-state index is 0.502. The third kappa shape index (κ3) is 3.52. The molecule has 3 heterocycles. The summed E-state index contributed by atoms with van der Waals surface area (Å²) in [5, 5.41) is 8.36. The van der Waals surface area contributed by atoms with Gasteiger partial charge in [-0.1, -0.05) is 6.92 Å². The van der Waals surface area contributed by atoms with Gasteiger partial charge in [0, 0.05) is 31.5 Å². The van der Waals surface area contributed by atoms with Crippen molar-refractivity contribution < 1.29 is 8.83 Å². The average molecular weight is 331 g/mol. The van der Waals surface area contributed by atoms with Gasteiger partial charge < -0.3 is 8.83 Å². The molecule has 0 spiro atoms. The van der Waals surface area contributed by atoms with Gasteiger partial charge in [-0.3, -0.25) is 9.80 Å². The highest BCUT2D eigenvalue weighted by Crippen LogP contribution is 2.39. The summed E-state index contributed by atoms with van der Waals surface area (Å²) >= 11 is 0. The molecule has 2 aromatic heterocycles. The number of hydrogen-bond acceptors (Lipinski definition) is 7. The predicted molar refractivity (Wildman–Crippen MR) is 87.3 cm³/mol. The Morgan fingerprint density at radius 3 is 2.83 bits per heavy atom. The molecule has 0 radical (unpaired) electrons. The molecule has 2 aromatic rings. The largest absolute Gasteiger partial charge is 0.444 e. The quantitative estimate of drug-likeness (QED) is 0.770. The Bertz CT molecular complexity index is 678. The Kier molecular flexibility index (Phi) is 4.37. The van der Waals surface area contributed by atoms with E-state index in [2.05, 4.69) is 39.0 Å². The van der Waals surface area contributed by atoms with Crippen molar-refractivity contribution in [3.63, 3.8) is 0 Å². The number of oxazole rings is 1. The standard InChI is InChI=1S/C17H25N5O2/c1-3-14-8-18-15(23-14)11-22-7-6-13(9-22)21(2)10-16-19-20-17(24-16)12-4-5-12/h8,12-13H,3-7,9-11H2,1-2H3/t13-/m0/s1. The molecule has 1 atom stereocenters. The third-order valence-electron chi connectivity index (χ3n) is 4.97. The summed E-state index contributed by atoms with van der Waals surface area (Å²) in [7, 11) is 2.13. The first-order chi connectivity index (χ1) is 11.7. The normalized spacial score (nSPS) is 21.9. The highest BCUT2D eigenvalue weighted by molar-refractivity contribution is 5.00. The van der Waals surface area contributed by atoms with Crippen LogP contribution in [0, 0.1) is 0 Å². The van der Waals surface area contributed by atoms with Gasteiger partial charge in [-0.2, -0.15) is 0 Å².